The fraction of sp³-hybridized carbons (Fsp3) is 0.935. The van der Waals surface area contributed by atoms with Crippen molar-refractivity contribution in [2.45, 2.75) is 198 Å². The van der Waals surface area contributed by atoms with Crippen molar-refractivity contribution in [3.05, 3.63) is 12.3 Å². The largest absolute Gasteiger partial charge is 0.498 e. The van der Waals surface area contributed by atoms with Gasteiger partial charge in [-0.3, -0.25) is 4.79 Å². The first-order chi connectivity index (χ1) is 23.4. The van der Waals surface area contributed by atoms with Crippen LogP contribution in [0.3, 0.4) is 0 Å². The van der Waals surface area contributed by atoms with Gasteiger partial charge in [0.15, 0.2) is 0 Å². The quantitative estimate of drug-likeness (QED) is 0.0486. The van der Waals surface area contributed by atoms with Crippen molar-refractivity contribution < 1.29 is 14.3 Å². The lowest BCUT2D eigenvalue weighted by atomic mass is 9.84. The summed E-state index contributed by atoms with van der Waals surface area (Å²) < 4.78 is 12.3. The molecule has 0 amide bonds. The lowest BCUT2D eigenvalue weighted by Gasteiger charge is -2.28. The first-order valence-electron chi connectivity index (χ1n) is 21.5. The minimum Gasteiger partial charge on any atom is -0.498 e. The molecule has 3 unspecified atom stereocenters. The van der Waals surface area contributed by atoms with Crippen molar-refractivity contribution in [1.29, 1.82) is 0 Å². The van der Waals surface area contributed by atoms with Gasteiger partial charge in [-0.2, -0.15) is 0 Å². The van der Waals surface area contributed by atoms with Gasteiger partial charge in [-0.05, 0) is 74.8 Å². The number of nitrogens with zero attached hydrogens (tertiary/aromatic N) is 1. The summed E-state index contributed by atoms with van der Waals surface area (Å²) in [7, 11) is 4.12. The maximum absolute atomic E-state index is 12.9. The van der Waals surface area contributed by atoms with Crippen molar-refractivity contribution in [1.82, 2.24) is 4.90 Å². The third-order valence-electron chi connectivity index (χ3n) is 11.1. The zero-order valence-corrected chi connectivity index (χ0v) is 36.2. The number of ether oxygens (including phenoxy) is 2. The Labute approximate surface area is 315 Å². The van der Waals surface area contributed by atoms with Gasteiger partial charge < -0.3 is 14.4 Å². The molecule has 0 bridgehead atoms. The van der Waals surface area contributed by atoms with E-state index in [1.807, 2.05) is 0 Å². The summed E-state index contributed by atoms with van der Waals surface area (Å²) in [6.07, 6.45) is 23.8. The van der Waals surface area contributed by atoms with Gasteiger partial charge in [-0.25, -0.2) is 0 Å². The molecule has 0 saturated carbocycles. The van der Waals surface area contributed by atoms with Crippen LogP contribution in [0.4, 0.5) is 0 Å². The van der Waals surface area contributed by atoms with E-state index in [2.05, 4.69) is 94.8 Å². The van der Waals surface area contributed by atoms with Gasteiger partial charge in [0.2, 0.25) is 0 Å². The molecule has 0 spiro atoms. The van der Waals surface area contributed by atoms with Crippen LogP contribution in [-0.4, -0.2) is 51.1 Å². The molecule has 4 heteroatoms. The molecule has 0 rings (SSSR count). The summed E-state index contributed by atoms with van der Waals surface area (Å²) >= 11 is 0. The Morgan fingerprint density at radius 1 is 0.640 bits per heavy atom. The molecule has 0 fully saturated rings. The van der Waals surface area contributed by atoms with Gasteiger partial charge in [0.25, 0.3) is 0 Å². The molecule has 3 atom stereocenters. The Morgan fingerprint density at radius 3 is 1.68 bits per heavy atom. The lowest BCUT2D eigenvalue weighted by Crippen LogP contribution is -2.20. The average Bonchev–Trinajstić information content (AvgIpc) is 3.01. The Balaban J connectivity index is 4.49. The SMILES string of the molecule is C=C(OCCC(C)CCCC(C)C)C(C)(C)CCCCCC(CCCCCC(C)(C)COCCC(C)CCCC(C)C)CC(=O)CCN(C)C. The standard InChI is InChI=1S/C46H91NO3/c1-38(2)22-20-24-40(5)29-34-49-37-45(8,9)31-18-14-16-26-43(36-44(48)28-33-47(12)13)27-17-15-19-32-46(10,11)42(7)50-35-30-41(6)25-21-23-39(3)4/h38-41,43H,7,14-37H2,1-6,8-13H3. The number of carbonyl (C=O) groups excluding carboxylic acids is 1. The molecule has 0 aliphatic rings. The summed E-state index contributed by atoms with van der Waals surface area (Å²) in [4.78, 5) is 15.0. The highest BCUT2D eigenvalue weighted by atomic mass is 16.5. The van der Waals surface area contributed by atoms with E-state index in [9.17, 15) is 4.79 Å². The highest BCUT2D eigenvalue weighted by molar-refractivity contribution is 5.78. The van der Waals surface area contributed by atoms with Crippen LogP contribution in [0.1, 0.15) is 198 Å². The third kappa shape index (κ3) is 29.7. The van der Waals surface area contributed by atoms with Gasteiger partial charge in [-0.15, -0.1) is 0 Å². The number of unbranched alkanes of at least 4 members (excludes halogenated alkanes) is 4. The van der Waals surface area contributed by atoms with E-state index < -0.39 is 0 Å². The first-order valence-corrected chi connectivity index (χ1v) is 21.5. The average molecular weight is 706 g/mol. The summed E-state index contributed by atoms with van der Waals surface area (Å²) in [5.41, 5.74) is 0.241. The van der Waals surface area contributed by atoms with Crippen LogP contribution >= 0.6 is 0 Å². The van der Waals surface area contributed by atoms with Gasteiger partial charge in [-0.1, -0.05) is 166 Å². The van der Waals surface area contributed by atoms with Crippen LogP contribution in [0.25, 0.3) is 0 Å². The van der Waals surface area contributed by atoms with Crippen molar-refractivity contribution in [2.24, 2.45) is 40.4 Å². The highest BCUT2D eigenvalue weighted by Crippen LogP contribution is 2.33. The van der Waals surface area contributed by atoms with Crippen molar-refractivity contribution in [2.75, 3.05) is 40.5 Å². The van der Waals surface area contributed by atoms with Crippen LogP contribution in [-0.2, 0) is 14.3 Å². The molecular formula is C46H91NO3. The Hall–Kier alpha value is -0.870. The molecule has 0 aromatic rings. The minimum atomic E-state index is 0.00678. The fourth-order valence-corrected chi connectivity index (χ4v) is 6.97. The molecular weight excluding hydrogens is 615 g/mol. The van der Waals surface area contributed by atoms with E-state index in [0.717, 1.165) is 69.1 Å². The van der Waals surface area contributed by atoms with Crippen LogP contribution in [0.2, 0.25) is 0 Å². The van der Waals surface area contributed by atoms with Crippen molar-refractivity contribution in [3.8, 4) is 0 Å². The number of hydrogen-bond acceptors (Lipinski definition) is 4. The first kappa shape index (κ1) is 49.1. The summed E-state index contributed by atoms with van der Waals surface area (Å²) in [5, 5.41) is 0. The molecule has 0 aliphatic heterocycles. The number of hydrogen-bond donors (Lipinski definition) is 0. The molecule has 0 aromatic heterocycles. The fourth-order valence-electron chi connectivity index (χ4n) is 6.97. The predicted molar refractivity (Wildman–Crippen MR) is 221 cm³/mol. The summed E-state index contributed by atoms with van der Waals surface area (Å²) in [6, 6.07) is 0. The number of rotatable bonds is 35. The number of Topliss-reactive ketones (excluding diaryl/α,β-unsaturated/α-hetero) is 1. The third-order valence-corrected chi connectivity index (χ3v) is 11.1. The van der Waals surface area contributed by atoms with Gasteiger partial charge in [0, 0.05) is 31.4 Å². The molecule has 0 saturated heterocycles. The zero-order valence-electron chi connectivity index (χ0n) is 36.2. The van der Waals surface area contributed by atoms with E-state index in [-0.39, 0.29) is 10.8 Å². The van der Waals surface area contributed by atoms with Crippen molar-refractivity contribution in [3.63, 3.8) is 0 Å². The zero-order chi connectivity index (χ0) is 38.0. The normalized spacial score (nSPS) is 14.5. The van der Waals surface area contributed by atoms with E-state index in [4.69, 9.17) is 9.47 Å². The van der Waals surface area contributed by atoms with E-state index in [1.54, 1.807) is 0 Å². The topological polar surface area (TPSA) is 38.8 Å². The minimum absolute atomic E-state index is 0.00678. The Kier molecular flexibility index (Phi) is 28.1. The van der Waals surface area contributed by atoms with Gasteiger partial charge in [0.1, 0.15) is 5.78 Å². The molecule has 50 heavy (non-hydrogen) atoms. The van der Waals surface area contributed by atoms with Gasteiger partial charge in [0.05, 0.1) is 19.0 Å². The molecule has 4 nitrogen and oxygen atoms in total. The summed E-state index contributed by atoms with van der Waals surface area (Å²) in [5.74, 6) is 5.01. The second-order valence-electron chi connectivity index (χ2n) is 19.2. The molecule has 0 aromatic carbocycles. The molecule has 0 heterocycles. The van der Waals surface area contributed by atoms with Crippen molar-refractivity contribution >= 4 is 5.78 Å². The molecule has 0 N–H and O–H groups in total. The molecule has 0 radical (unpaired) electrons. The smallest absolute Gasteiger partial charge is 0.134 e. The van der Waals surface area contributed by atoms with E-state index in [0.29, 0.717) is 24.0 Å². The Morgan fingerprint density at radius 2 is 1.16 bits per heavy atom. The highest BCUT2D eigenvalue weighted by Gasteiger charge is 2.24. The maximum Gasteiger partial charge on any atom is 0.134 e. The monoisotopic (exact) mass is 706 g/mol. The van der Waals surface area contributed by atoms with Crippen LogP contribution in [0.15, 0.2) is 12.3 Å². The number of carbonyl (C=O) groups is 1. The van der Waals surface area contributed by atoms with Crippen LogP contribution < -0.4 is 0 Å². The summed E-state index contributed by atoms with van der Waals surface area (Å²) in [6.45, 7) is 31.0. The maximum atomic E-state index is 12.9. The van der Waals surface area contributed by atoms with E-state index >= 15 is 0 Å². The van der Waals surface area contributed by atoms with Crippen LogP contribution in [0.5, 0.6) is 0 Å². The predicted octanol–water partition coefficient (Wildman–Crippen LogP) is 13.7. The van der Waals surface area contributed by atoms with Gasteiger partial charge >= 0.3 is 0 Å². The molecule has 298 valence electrons. The number of allylic oxidation sites excluding steroid dienone is 1. The Bertz CT molecular complexity index is 829. The molecule has 0 aliphatic carbocycles. The van der Waals surface area contributed by atoms with E-state index in [1.165, 1.54) is 103 Å². The second-order valence-corrected chi connectivity index (χ2v) is 19.2. The number of ketones is 1. The lowest BCUT2D eigenvalue weighted by molar-refractivity contribution is -0.120. The second kappa shape index (κ2) is 28.6. The van der Waals surface area contributed by atoms with Crippen LogP contribution in [0, 0.1) is 40.4 Å².